The minimum absolute atomic E-state index is 0.0255. The minimum Gasteiger partial charge on any atom is -0.465 e. The molecule has 54 valence electrons. The molecule has 0 N–H and O–H groups in total. The van der Waals surface area contributed by atoms with Gasteiger partial charge in [-0.2, -0.15) is 0 Å². The number of fused-ring (bicyclic) bond motifs is 1. The fourth-order valence-corrected chi connectivity index (χ4v) is 1.65. The van der Waals surface area contributed by atoms with Gasteiger partial charge in [0, 0.05) is 5.92 Å². The van der Waals surface area contributed by atoms with E-state index in [-0.39, 0.29) is 11.4 Å². The molecule has 1 heterocycles. The largest absolute Gasteiger partial charge is 0.465 e. The van der Waals surface area contributed by atoms with E-state index in [9.17, 15) is 4.79 Å². The van der Waals surface area contributed by atoms with E-state index < -0.39 is 0 Å². The molecule has 0 saturated carbocycles. The lowest BCUT2D eigenvalue weighted by Gasteiger charge is -2.16. The van der Waals surface area contributed by atoms with Crippen LogP contribution in [0.5, 0.6) is 0 Å². The van der Waals surface area contributed by atoms with E-state index in [0.717, 1.165) is 6.42 Å². The van der Waals surface area contributed by atoms with Crippen molar-refractivity contribution in [2.24, 2.45) is 11.3 Å². The lowest BCUT2D eigenvalue weighted by Crippen LogP contribution is -2.24. The minimum atomic E-state index is -0.208. The van der Waals surface area contributed by atoms with Crippen LogP contribution in [-0.2, 0) is 9.53 Å². The smallest absolute Gasteiger partial charge is 0.312 e. The summed E-state index contributed by atoms with van der Waals surface area (Å²) in [4.78, 5) is 11.1. The van der Waals surface area contributed by atoms with Gasteiger partial charge in [0.05, 0.1) is 12.0 Å². The first-order chi connectivity index (χ1) is 4.73. The van der Waals surface area contributed by atoms with Crippen molar-refractivity contribution in [2.45, 2.75) is 13.3 Å². The molecule has 0 aromatic carbocycles. The standard InChI is InChI=1S/C8H10O2/c1-8-4-2-3-6(8)5-10-7(8)9/h2-3,6H,4-5H2,1H3. The third-order valence-corrected chi connectivity index (χ3v) is 2.59. The fourth-order valence-electron chi connectivity index (χ4n) is 1.65. The van der Waals surface area contributed by atoms with E-state index in [1.165, 1.54) is 0 Å². The summed E-state index contributed by atoms with van der Waals surface area (Å²) in [6, 6.07) is 0. The van der Waals surface area contributed by atoms with Crippen LogP contribution in [0.2, 0.25) is 0 Å². The third kappa shape index (κ3) is 0.516. The Balaban J connectivity index is 2.35. The number of hydrogen-bond acceptors (Lipinski definition) is 2. The van der Waals surface area contributed by atoms with Gasteiger partial charge < -0.3 is 4.74 Å². The van der Waals surface area contributed by atoms with E-state index >= 15 is 0 Å². The number of esters is 1. The highest BCUT2D eigenvalue weighted by Crippen LogP contribution is 2.43. The highest BCUT2D eigenvalue weighted by Gasteiger charge is 2.48. The topological polar surface area (TPSA) is 26.3 Å². The Morgan fingerprint density at radius 2 is 2.60 bits per heavy atom. The molecule has 0 amide bonds. The summed E-state index contributed by atoms with van der Waals surface area (Å²) in [5.41, 5.74) is -0.208. The number of allylic oxidation sites excluding steroid dienone is 1. The van der Waals surface area contributed by atoms with Crippen molar-refractivity contribution in [2.75, 3.05) is 6.61 Å². The average molecular weight is 138 g/mol. The summed E-state index contributed by atoms with van der Waals surface area (Å²) >= 11 is 0. The predicted octanol–water partition coefficient (Wildman–Crippen LogP) is 1.13. The number of ether oxygens (including phenoxy) is 1. The fraction of sp³-hybridized carbons (Fsp3) is 0.625. The Morgan fingerprint density at radius 3 is 3.30 bits per heavy atom. The molecule has 2 nitrogen and oxygen atoms in total. The first-order valence-electron chi connectivity index (χ1n) is 3.57. The van der Waals surface area contributed by atoms with Gasteiger partial charge in [-0.3, -0.25) is 4.79 Å². The molecule has 1 saturated heterocycles. The number of carbonyl (C=O) groups excluding carboxylic acids is 1. The van der Waals surface area contributed by atoms with Crippen molar-refractivity contribution in [1.82, 2.24) is 0 Å². The van der Waals surface area contributed by atoms with Gasteiger partial charge in [0.2, 0.25) is 0 Å². The van der Waals surface area contributed by atoms with E-state index in [4.69, 9.17) is 4.74 Å². The van der Waals surface area contributed by atoms with Crippen LogP contribution in [-0.4, -0.2) is 12.6 Å². The van der Waals surface area contributed by atoms with Gasteiger partial charge in [-0.25, -0.2) is 0 Å². The molecule has 2 rings (SSSR count). The molecule has 0 radical (unpaired) electrons. The maximum absolute atomic E-state index is 11.1. The molecule has 2 heteroatoms. The Kier molecular flexibility index (Phi) is 0.967. The summed E-state index contributed by atoms with van der Waals surface area (Å²) in [5.74, 6) is 0.322. The quantitative estimate of drug-likeness (QED) is 0.370. The van der Waals surface area contributed by atoms with Crippen LogP contribution in [0.15, 0.2) is 12.2 Å². The molecular formula is C8H10O2. The van der Waals surface area contributed by atoms with Gasteiger partial charge in [0.1, 0.15) is 0 Å². The molecule has 0 aromatic rings. The zero-order valence-corrected chi connectivity index (χ0v) is 5.96. The molecule has 10 heavy (non-hydrogen) atoms. The number of cyclic esters (lactones) is 1. The molecule has 2 aliphatic rings. The van der Waals surface area contributed by atoms with Crippen LogP contribution in [0.3, 0.4) is 0 Å². The molecule has 1 fully saturated rings. The Morgan fingerprint density at radius 1 is 1.80 bits per heavy atom. The third-order valence-electron chi connectivity index (χ3n) is 2.59. The van der Waals surface area contributed by atoms with Crippen LogP contribution in [0.4, 0.5) is 0 Å². The highest BCUT2D eigenvalue weighted by atomic mass is 16.5. The Bertz CT molecular complexity index is 207. The van der Waals surface area contributed by atoms with Crippen molar-refractivity contribution < 1.29 is 9.53 Å². The van der Waals surface area contributed by atoms with Crippen molar-refractivity contribution in [3.05, 3.63) is 12.2 Å². The monoisotopic (exact) mass is 138 g/mol. The molecule has 0 spiro atoms. The molecule has 1 aliphatic carbocycles. The van der Waals surface area contributed by atoms with Crippen LogP contribution < -0.4 is 0 Å². The molecule has 0 aromatic heterocycles. The van der Waals surface area contributed by atoms with Gasteiger partial charge in [-0.15, -0.1) is 0 Å². The molecular weight excluding hydrogens is 128 g/mol. The van der Waals surface area contributed by atoms with Crippen LogP contribution in [0, 0.1) is 11.3 Å². The van der Waals surface area contributed by atoms with E-state index in [2.05, 4.69) is 12.2 Å². The summed E-state index contributed by atoms with van der Waals surface area (Å²) in [6.07, 6.45) is 5.02. The Labute approximate surface area is 59.9 Å². The highest BCUT2D eigenvalue weighted by molar-refractivity contribution is 5.80. The van der Waals surface area contributed by atoms with Gasteiger partial charge in [0.25, 0.3) is 0 Å². The zero-order chi connectivity index (χ0) is 7.19. The van der Waals surface area contributed by atoms with Crippen molar-refractivity contribution in [1.29, 1.82) is 0 Å². The molecule has 2 unspecified atom stereocenters. The second kappa shape index (κ2) is 1.62. The normalized spacial score (nSPS) is 43.7. The first kappa shape index (κ1) is 5.96. The number of rotatable bonds is 0. The second-order valence-electron chi connectivity index (χ2n) is 3.25. The lowest BCUT2D eigenvalue weighted by molar-refractivity contribution is -0.145. The average Bonchev–Trinajstić information content (AvgIpc) is 2.36. The summed E-state index contributed by atoms with van der Waals surface area (Å²) in [5, 5.41) is 0. The van der Waals surface area contributed by atoms with Gasteiger partial charge in [-0.05, 0) is 13.3 Å². The second-order valence-corrected chi connectivity index (χ2v) is 3.25. The molecule has 2 atom stereocenters. The van der Waals surface area contributed by atoms with Gasteiger partial charge in [-0.1, -0.05) is 12.2 Å². The van der Waals surface area contributed by atoms with Crippen molar-refractivity contribution >= 4 is 5.97 Å². The summed E-state index contributed by atoms with van der Waals surface area (Å²) in [7, 11) is 0. The van der Waals surface area contributed by atoms with Gasteiger partial charge >= 0.3 is 5.97 Å². The van der Waals surface area contributed by atoms with E-state index in [0.29, 0.717) is 12.5 Å². The van der Waals surface area contributed by atoms with Crippen LogP contribution in [0.25, 0.3) is 0 Å². The van der Waals surface area contributed by atoms with Crippen LogP contribution >= 0.6 is 0 Å². The molecule has 1 aliphatic heterocycles. The summed E-state index contributed by atoms with van der Waals surface area (Å²) < 4.78 is 4.93. The number of carbonyl (C=O) groups is 1. The maximum atomic E-state index is 11.1. The number of hydrogen-bond donors (Lipinski definition) is 0. The lowest BCUT2D eigenvalue weighted by atomic mass is 9.82. The van der Waals surface area contributed by atoms with Crippen molar-refractivity contribution in [3.8, 4) is 0 Å². The predicted molar refractivity (Wildman–Crippen MR) is 36.3 cm³/mol. The van der Waals surface area contributed by atoms with E-state index in [1.54, 1.807) is 0 Å². The van der Waals surface area contributed by atoms with Crippen LogP contribution in [0.1, 0.15) is 13.3 Å². The summed E-state index contributed by atoms with van der Waals surface area (Å²) in [6.45, 7) is 2.57. The Hall–Kier alpha value is -0.790. The zero-order valence-electron chi connectivity index (χ0n) is 5.96. The van der Waals surface area contributed by atoms with E-state index in [1.807, 2.05) is 6.92 Å². The molecule has 0 bridgehead atoms. The first-order valence-corrected chi connectivity index (χ1v) is 3.57. The SMILES string of the molecule is CC12CC=CC1COC2=O. The maximum Gasteiger partial charge on any atom is 0.312 e. The van der Waals surface area contributed by atoms with Gasteiger partial charge in [0.15, 0.2) is 0 Å². The van der Waals surface area contributed by atoms with Crippen molar-refractivity contribution in [3.63, 3.8) is 0 Å².